The van der Waals surface area contributed by atoms with Gasteiger partial charge in [0.05, 0.1) is 20.6 Å². The molecule has 0 aliphatic rings. The largest absolute Gasteiger partial charge is 0.287 e. The highest BCUT2D eigenvalue weighted by molar-refractivity contribution is 6.27. The molecule has 0 aliphatic carbocycles. The van der Waals surface area contributed by atoms with E-state index >= 15 is 0 Å². The van der Waals surface area contributed by atoms with Gasteiger partial charge < -0.3 is 0 Å². The predicted octanol–water partition coefficient (Wildman–Crippen LogP) is 7.00. The zero-order chi connectivity index (χ0) is 22.2. The van der Waals surface area contributed by atoms with Crippen LogP contribution < -0.4 is 0 Å². The molecular formula is C24H24N2O4. The molecule has 0 heterocycles. The fourth-order valence-corrected chi connectivity index (χ4v) is 4.47. The summed E-state index contributed by atoms with van der Waals surface area (Å²) >= 11 is 0. The van der Waals surface area contributed by atoms with Gasteiger partial charge in [-0.1, -0.05) is 65.8 Å². The molecule has 6 heteroatoms. The third-order valence-corrected chi connectivity index (χ3v) is 5.81. The van der Waals surface area contributed by atoms with Crippen molar-refractivity contribution in [1.29, 1.82) is 0 Å². The molecule has 0 aromatic heterocycles. The second-order valence-electron chi connectivity index (χ2n) is 9.99. The van der Waals surface area contributed by atoms with Crippen molar-refractivity contribution in [1.82, 2.24) is 0 Å². The van der Waals surface area contributed by atoms with E-state index in [2.05, 4.69) is 32.9 Å². The summed E-state index contributed by atoms with van der Waals surface area (Å²) in [6, 6.07) is 11.4. The van der Waals surface area contributed by atoms with Gasteiger partial charge in [0.25, 0.3) is 11.4 Å². The van der Waals surface area contributed by atoms with Crippen LogP contribution in [-0.2, 0) is 10.8 Å². The molecule has 0 bridgehead atoms. The Bertz CT molecular complexity index is 1270. The highest BCUT2D eigenvalue weighted by atomic mass is 16.6. The number of nitrogens with zero attached hydrogens (tertiary/aromatic N) is 2. The van der Waals surface area contributed by atoms with Gasteiger partial charge in [-0.3, -0.25) is 20.2 Å². The molecule has 0 radical (unpaired) electrons. The molecular weight excluding hydrogens is 380 g/mol. The summed E-state index contributed by atoms with van der Waals surface area (Å²) in [7, 11) is 0. The Morgan fingerprint density at radius 1 is 0.667 bits per heavy atom. The SMILES string of the molecule is CC(C)(C)c1cc2ccc3c([N+](=O)[O-])c(C(C)(C)C)c([N+](=O)[O-])c4ccc(c1)c2c34. The molecule has 0 N–H and O–H groups in total. The van der Waals surface area contributed by atoms with E-state index < -0.39 is 15.3 Å². The number of nitro benzene ring substituents is 2. The Morgan fingerprint density at radius 2 is 1.10 bits per heavy atom. The van der Waals surface area contributed by atoms with Crippen molar-refractivity contribution in [2.75, 3.05) is 0 Å². The van der Waals surface area contributed by atoms with E-state index in [0.29, 0.717) is 16.2 Å². The fraction of sp³-hybridized carbons (Fsp3) is 0.333. The van der Waals surface area contributed by atoms with Gasteiger partial charge in [-0.15, -0.1) is 0 Å². The second kappa shape index (κ2) is 6.11. The highest BCUT2D eigenvalue weighted by Crippen LogP contribution is 2.50. The lowest BCUT2D eigenvalue weighted by molar-refractivity contribution is -0.394. The lowest BCUT2D eigenvalue weighted by Crippen LogP contribution is -2.17. The molecule has 4 aromatic rings. The summed E-state index contributed by atoms with van der Waals surface area (Å²) in [6.45, 7) is 11.7. The third kappa shape index (κ3) is 2.78. The topological polar surface area (TPSA) is 86.3 Å². The maximum Gasteiger partial charge on any atom is 0.287 e. The number of nitro groups is 2. The molecule has 30 heavy (non-hydrogen) atoms. The van der Waals surface area contributed by atoms with Gasteiger partial charge in [0.1, 0.15) is 5.56 Å². The van der Waals surface area contributed by atoms with Gasteiger partial charge in [0, 0.05) is 10.8 Å². The molecule has 0 atom stereocenters. The van der Waals surface area contributed by atoms with Crippen LogP contribution in [0, 0.1) is 20.2 Å². The summed E-state index contributed by atoms with van der Waals surface area (Å²) in [5.41, 5.74) is 0.134. The van der Waals surface area contributed by atoms with E-state index in [1.165, 1.54) is 0 Å². The minimum absolute atomic E-state index is 0.0676. The average Bonchev–Trinajstić information content (AvgIpc) is 2.62. The molecule has 0 saturated carbocycles. The van der Waals surface area contributed by atoms with Crippen LogP contribution >= 0.6 is 0 Å². The molecule has 0 spiro atoms. The standard InChI is InChI=1S/C24H24N2O4/c1-23(2,3)15-11-13-7-9-16-19-17(10-8-14(12-15)18(13)19)22(26(29)30)20(24(4,5)6)21(16)25(27)28/h7-12H,1-6H3. The number of hydrogen-bond acceptors (Lipinski definition) is 4. The van der Waals surface area contributed by atoms with Crippen LogP contribution in [0.1, 0.15) is 52.7 Å². The maximum atomic E-state index is 12.2. The number of hydrogen-bond donors (Lipinski definition) is 0. The number of benzene rings is 4. The van der Waals surface area contributed by atoms with Crippen molar-refractivity contribution in [3.8, 4) is 0 Å². The Balaban J connectivity index is 2.34. The first kappa shape index (κ1) is 20.0. The van der Waals surface area contributed by atoms with E-state index in [-0.39, 0.29) is 22.4 Å². The van der Waals surface area contributed by atoms with Crippen LogP contribution in [-0.4, -0.2) is 9.85 Å². The minimum Gasteiger partial charge on any atom is -0.258 e. The second-order valence-corrected chi connectivity index (χ2v) is 9.99. The summed E-state index contributed by atoms with van der Waals surface area (Å²) in [6.07, 6.45) is 0. The zero-order valence-electron chi connectivity index (χ0n) is 18.0. The third-order valence-electron chi connectivity index (χ3n) is 5.81. The Morgan fingerprint density at radius 3 is 1.43 bits per heavy atom. The number of rotatable bonds is 2. The monoisotopic (exact) mass is 404 g/mol. The lowest BCUT2D eigenvalue weighted by Gasteiger charge is -2.23. The van der Waals surface area contributed by atoms with E-state index in [1.54, 1.807) is 32.9 Å². The fourth-order valence-electron chi connectivity index (χ4n) is 4.47. The highest BCUT2D eigenvalue weighted by Gasteiger charge is 2.38. The van der Waals surface area contributed by atoms with Gasteiger partial charge in [0.2, 0.25) is 0 Å². The Labute approximate surface area is 174 Å². The van der Waals surface area contributed by atoms with Crippen LogP contribution in [0.2, 0.25) is 0 Å². The van der Waals surface area contributed by atoms with Crippen LogP contribution in [0.4, 0.5) is 11.4 Å². The predicted molar refractivity (Wildman–Crippen MR) is 121 cm³/mol. The smallest absolute Gasteiger partial charge is 0.258 e. The lowest BCUT2D eigenvalue weighted by atomic mass is 9.79. The molecule has 0 amide bonds. The Hall–Kier alpha value is -3.28. The molecule has 0 saturated heterocycles. The van der Waals surface area contributed by atoms with Crippen molar-refractivity contribution < 1.29 is 9.85 Å². The minimum atomic E-state index is -0.769. The van der Waals surface area contributed by atoms with Crippen molar-refractivity contribution in [3.05, 3.63) is 67.8 Å². The maximum absolute atomic E-state index is 12.2. The van der Waals surface area contributed by atoms with Crippen molar-refractivity contribution >= 4 is 43.7 Å². The molecule has 0 fully saturated rings. The van der Waals surface area contributed by atoms with Crippen LogP contribution in [0.3, 0.4) is 0 Å². The van der Waals surface area contributed by atoms with Gasteiger partial charge >= 0.3 is 0 Å². The van der Waals surface area contributed by atoms with Gasteiger partial charge in [-0.05, 0) is 39.3 Å². The van der Waals surface area contributed by atoms with Crippen LogP contribution in [0.5, 0.6) is 0 Å². The van der Waals surface area contributed by atoms with Gasteiger partial charge in [-0.25, -0.2) is 0 Å². The quantitative estimate of drug-likeness (QED) is 0.204. The van der Waals surface area contributed by atoms with Crippen LogP contribution in [0.15, 0.2) is 36.4 Å². The zero-order valence-corrected chi connectivity index (χ0v) is 18.0. The van der Waals surface area contributed by atoms with Crippen molar-refractivity contribution in [3.63, 3.8) is 0 Å². The normalized spacial score (nSPS) is 12.9. The molecule has 0 unspecified atom stereocenters. The van der Waals surface area contributed by atoms with Crippen molar-refractivity contribution in [2.24, 2.45) is 0 Å². The van der Waals surface area contributed by atoms with E-state index in [9.17, 15) is 20.2 Å². The van der Waals surface area contributed by atoms with Crippen LogP contribution in [0.25, 0.3) is 32.3 Å². The summed E-state index contributed by atoms with van der Waals surface area (Å²) in [4.78, 5) is 23.4. The summed E-state index contributed by atoms with van der Waals surface area (Å²) < 4.78 is 0. The van der Waals surface area contributed by atoms with E-state index in [1.807, 2.05) is 12.1 Å². The molecule has 4 aromatic carbocycles. The average molecular weight is 404 g/mol. The first-order valence-electron chi connectivity index (χ1n) is 9.90. The molecule has 154 valence electrons. The summed E-state index contributed by atoms with van der Waals surface area (Å²) in [5.74, 6) is 0. The molecule has 0 aliphatic heterocycles. The van der Waals surface area contributed by atoms with Crippen molar-refractivity contribution in [2.45, 2.75) is 52.4 Å². The van der Waals surface area contributed by atoms with Gasteiger partial charge in [-0.2, -0.15) is 0 Å². The molecule has 6 nitrogen and oxygen atoms in total. The Kier molecular flexibility index (Phi) is 4.08. The van der Waals surface area contributed by atoms with E-state index in [0.717, 1.165) is 21.7 Å². The van der Waals surface area contributed by atoms with E-state index in [4.69, 9.17) is 0 Å². The molecule has 4 rings (SSSR count). The first-order chi connectivity index (χ1) is 13.8. The first-order valence-corrected chi connectivity index (χ1v) is 9.90. The summed E-state index contributed by atoms with van der Waals surface area (Å²) in [5, 5.41) is 28.5. The van der Waals surface area contributed by atoms with Gasteiger partial charge in [0.15, 0.2) is 0 Å².